The van der Waals surface area contributed by atoms with Crippen LogP contribution in [0.2, 0.25) is 0 Å². The molecule has 3 heteroatoms. The maximum Gasteiger partial charge on any atom is 0.123 e. The fraction of sp³-hybridized carbons (Fsp3) is 0.529. The Morgan fingerprint density at radius 1 is 1.30 bits per heavy atom. The summed E-state index contributed by atoms with van der Waals surface area (Å²) in [6.07, 6.45) is 9.43. The van der Waals surface area contributed by atoms with Crippen LogP contribution >= 0.6 is 15.9 Å². The van der Waals surface area contributed by atoms with Gasteiger partial charge in [0, 0.05) is 10.5 Å². The van der Waals surface area contributed by atoms with Crippen molar-refractivity contribution in [3.8, 4) is 0 Å². The SMILES string of the molecule is CCNC(CC1=CCCCC1)Cc1cc(F)ccc1Br. The summed E-state index contributed by atoms with van der Waals surface area (Å²) in [5, 5.41) is 3.54. The van der Waals surface area contributed by atoms with Crippen molar-refractivity contribution in [3.63, 3.8) is 0 Å². The van der Waals surface area contributed by atoms with Crippen LogP contribution in [0.1, 0.15) is 44.6 Å². The van der Waals surface area contributed by atoms with Crippen molar-refractivity contribution >= 4 is 15.9 Å². The molecule has 2 rings (SSSR count). The highest BCUT2D eigenvalue weighted by Crippen LogP contribution is 2.25. The zero-order valence-corrected chi connectivity index (χ0v) is 13.7. The Labute approximate surface area is 129 Å². The average Bonchev–Trinajstić information content (AvgIpc) is 2.44. The lowest BCUT2D eigenvalue weighted by atomic mass is 9.92. The van der Waals surface area contributed by atoms with Gasteiger partial charge in [0.15, 0.2) is 0 Å². The number of rotatable bonds is 6. The molecule has 1 aromatic carbocycles. The minimum Gasteiger partial charge on any atom is -0.314 e. The maximum absolute atomic E-state index is 13.4. The molecule has 110 valence electrons. The molecule has 0 saturated heterocycles. The van der Waals surface area contributed by atoms with Crippen molar-refractivity contribution in [2.75, 3.05) is 6.54 Å². The number of halogens is 2. The van der Waals surface area contributed by atoms with Crippen LogP contribution in [0.25, 0.3) is 0 Å². The minimum atomic E-state index is -0.157. The first kappa shape index (κ1) is 15.7. The third-order valence-electron chi connectivity index (χ3n) is 3.86. The standard InChI is InChI=1S/C17H23BrFN/c1-2-20-16(10-13-6-4-3-5-7-13)12-14-11-15(19)8-9-17(14)18/h6,8-9,11,16,20H,2-5,7,10,12H2,1H3. The van der Waals surface area contributed by atoms with E-state index in [1.54, 1.807) is 17.7 Å². The molecule has 1 aliphatic rings. The molecular weight excluding hydrogens is 317 g/mol. The van der Waals surface area contributed by atoms with Crippen LogP contribution in [0, 0.1) is 5.82 Å². The van der Waals surface area contributed by atoms with Crippen LogP contribution in [-0.4, -0.2) is 12.6 Å². The largest absolute Gasteiger partial charge is 0.314 e. The fourth-order valence-electron chi connectivity index (χ4n) is 2.88. The van der Waals surface area contributed by atoms with Gasteiger partial charge in [-0.1, -0.05) is 34.5 Å². The lowest BCUT2D eigenvalue weighted by Crippen LogP contribution is -2.31. The van der Waals surface area contributed by atoms with Crippen LogP contribution in [0.4, 0.5) is 4.39 Å². The van der Waals surface area contributed by atoms with Gasteiger partial charge in [0.25, 0.3) is 0 Å². The Bertz CT molecular complexity index is 470. The highest BCUT2D eigenvalue weighted by molar-refractivity contribution is 9.10. The second-order valence-electron chi connectivity index (χ2n) is 5.51. The molecule has 0 fully saturated rings. The maximum atomic E-state index is 13.4. The van der Waals surface area contributed by atoms with Crippen LogP contribution < -0.4 is 5.32 Å². The van der Waals surface area contributed by atoms with E-state index < -0.39 is 0 Å². The molecule has 0 radical (unpaired) electrons. The zero-order valence-electron chi connectivity index (χ0n) is 12.1. The number of hydrogen-bond donors (Lipinski definition) is 1. The number of benzene rings is 1. The topological polar surface area (TPSA) is 12.0 Å². The average molecular weight is 340 g/mol. The Morgan fingerprint density at radius 3 is 2.85 bits per heavy atom. The van der Waals surface area contributed by atoms with Gasteiger partial charge >= 0.3 is 0 Å². The molecular formula is C17H23BrFN. The van der Waals surface area contributed by atoms with Gasteiger partial charge in [0.2, 0.25) is 0 Å². The molecule has 0 heterocycles. The van der Waals surface area contributed by atoms with Gasteiger partial charge in [-0.15, -0.1) is 0 Å². The quantitative estimate of drug-likeness (QED) is 0.719. The van der Waals surface area contributed by atoms with E-state index >= 15 is 0 Å². The second-order valence-corrected chi connectivity index (χ2v) is 6.36. The first-order valence-electron chi connectivity index (χ1n) is 7.54. The Hall–Kier alpha value is -0.670. The fourth-order valence-corrected chi connectivity index (χ4v) is 3.29. The molecule has 1 unspecified atom stereocenters. The van der Waals surface area contributed by atoms with Crippen LogP contribution in [0.15, 0.2) is 34.3 Å². The van der Waals surface area contributed by atoms with Crippen molar-refractivity contribution in [1.29, 1.82) is 0 Å². The summed E-state index contributed by atoms with van der Waals surface area (Å²) in [5.74, 6) is -0.157. The molecule has 1 aliphatic carbocycles. The predicted octanol–water partition coefficient (Wildman–Crippen LogP) is 5.00. The first-order valence-corrected chi connectivity index (χ1v) is 8.33. The van der Waals surface area contributed by atoms with Crippen LogP contribution in [0.5, 0.6) is 0 Å². The molecule has 0 aromatic heterocycles. The van der Waals surface area contributed by atoms with Gasteiger partial charge in [0.05, 0.1) is 0 Å². The molecule has 0 saturated carbocycles. The summed E-state index contributed by atoms with van der Waals surface area (Å²) in [5.41, 5.74) is 2.61. The predicted molar refractivity (Wildman–Crippen MR) is 86.4 cm³/mol. The molecule has 0 aliphatic heterocycles. The molecule has 0 bridgehead atoms. The van der Waals surface area contributed by atoms with Crippen molar-refractivity contribution in [2.24, 2.45) is 0 Å². The molecule has 20 heavy (non-hydrogen) atoms. The van der Waals surface area contributed by atoms with E-state index in [9.17, 15) is 4.39 Å². The molecule has 1 nitrogen and oxygen atoms in total. The smallest absolute Gasteiger partial charge is 0.123 e. The van der Waals surface area contributed by atoms with Gasteiger partial charge in [-0.05, 0) is 68.8 Å². The lowest BCUT2D eigenvalue weighted by molar-refractivity contribution is 0.502. The molecule has 1 N–H and O–H groups in total. The van der Waals surface area contributed by atoms with Crippen LogP contribution in [0.3, 0.4) is 0 Å². The normalized spacial score (nSPS) is 16.9. The van der Waals surface area contributed by atoms with Crippen molar-refractivity contribution < 1.29 is 4.39 Å². The highest BCUT2D eigenvalue weighted by Gasteiger charge is 2.14. The first-order chi connectivity index (χ1) is 9.69. The third kappa shape index (κ3) is 4.71. The summed E-state index contributed by atoms with van der Waals surface area (Å²) in [7, 11) is 0. The van der Waals surface area contributed by atoms with Gasteiger partial charge in [0.1, 0.15) is 5.82 Å². The Kier molecular flexibility index (Phi) is 6.24. The summed E-state index contributed by atoms with van der Waals surface area (Å²) in [6.45, 7) is 3.08. The van der Waals surface area contributed by atoms with Crippen molar-refractivity contribution in [2.45, 2.75) is 51.5 Å². The van der Waals surface area contributed by atoms with Gasteiger partial charge in [-0.3, -0.25) is 0 Å². The monoisotopic (exact) mass is 339 g/mol. The lowest BCUT2D eigenvalue weighted by Gasteiger charge is -2.22. The van der Waals surface area contributed by atoms with Crippen molar-refractivity contribution in [1.82, 2.24) is 5.32 Å². The third-order valence-corrected chi connectivity index (χ3v) is 4.63. The summed E-state index contributed by atoms with van der Waals surface area (Å²) < 4.78 is 14.4. The number of hydrogen-bond acceptors (Lipinski definition) is 1. The summed E-state index contributed by atoms with van der Waals surface area (Å²) in [4.78, 5) is 0. The highest BCUT2D eigenvalue weighted by atomic mass is 79.9. The van der Waals surface area contributed by atoms with Crippen LogP contribution in [-0.2, 0) is 6.42 Å². The minimum absolute atomic E-state index is 0.157. The molecule has 0 amide bonds. The van der Waals surface area contributed by atoms with Gasteiger partial charge in [-0.2, -0.15) is 0 Å². The summed E-state index contributed by atoms with van der Waals surface area (Å²) in [6, 6.07) is 5.33. The summed E-state index contributed by atoms with van der Waals surface area (Å²) >= 11 is 3.53. The van der Waals surface area contributed by atoms with Gasteiger partial charge in [-0.25, -0.2) is 4.39 Å². The number of allylic oxidation sites excluding steroid dienone is 1. The van der Waals surface area contributed by atoms with E-state index in [-0.39, 0.29) is 5.82 Å². The van der Waals surface area contributed by atoms with Gasteiger partial charge < -0.3 is 5.32 Å². The van der Waals surface area contributed by atoms with E-state index in [2.05, 4.69) is 34.2 Å². The van der Waals surface area contributed by atoms with E-state index in [1.807, 2.05) is 0 Å². The molecule has 1 atom stereocenters. The molecule has 1 aromatic rings. The Balaban J connectivity index is 2.04. The Morgan fingerprint density at radius 2 is 2.15 bits per heavy atom. The number of nitrogens with one attached hydrogen (secondary N) is 1. The van der Waals surface area contributed by atoms with E-state index in [0.717, 1.165) is 29.4 Å². The van der Waals surface area contributed by atoms with Crippen molar-refractivity contribution in [3.05, 3.63) is 45.7 Å². The zero-order chi connectivity index (χ0) is 14.4. The molecule has 0 spiro atoms. The van der Waals surface area contributed by atoms with E-state index in [0.29, 0.717) is 6.04 Å². The number of likely N-dealkylation sites (N-methyl/N-ethyl adjacent to an activating group) is 1. The van der Waals surface area contributed by atoms with E-state index in [4.69, 9.17) is 0 Å². The van der Waals surface area contributed by atoms with E-state index in [1.165, 1.54) is 31.7 Å². The second kappa shape index (κ2) is 7.94.